The highest BCUT2D eigenvalue weighted by atomic mass is 32.1. The van der Waals surface area contributed by atoms with Gasteiger partial charge in [0.05, 0.1) is 18.5 Å². The number of hydrogen-bond acceptors (Lipinski definition) is 3. The van der Waals surface area contributed by atoms with Crippen LogP contribution in [-0.2, 0) is 17.8 Å². The molecule has 0 radical (unpaired) electrons. The highest BCUT2D eigenvalue weighted by Gasteiger charge is 2.18. The molecule has 0 bridgehead atoms. The Morgan fingerprint density at radius 1 is 1.23 bits per heavy atom. The van der Waals surface area contributed by atoms with Gasteiger partial charge in [-0.15, -0.1) is 11.3 Å². The molecule has 0 unspecified atom stereocenters. The fraction of sp³-hybridized carbons (Fsp3) is 0.294. The molecule has 0 atom stereocenters. The van der Waals surface area contributed by atoms with Crippen LogP contribution in [0.5, 0.6) is 0 Å². The summed E-state index contributed by atoms with van der Waals surface area (Å²) in [6.07, 6.45) is 0.213. The fourth-order valence-electron chi connectivity index (χ4n) is 2.22. The lowest BCUT2D eigenvalue weighted by Gasteiger charge is -2.26. The van der Waals surface area contributed by atoms with Crippen molar-refractivity contribution in [3.8, 4) is 0 Å². The molecule has 0 saturated heterocycles. The minimum absolute atomic E-state index is 0.00550. The molecule has 4 nitrogen and oxygen atoms in total. The van der Waals surface area contributed by atoms with E-state index in [4.69, 9.17) is 5.11 Å². The summed E-state index contributed by atoms with van der Waals surface area (Å²) in [6, 6.07) is 10.6. The molecule has 1 heterocycles. The molecule has 22 heavy (non-hydrogen) atoms. The van der Waals surface area contributed by atoms with Gasteiger partial charge in [-0.25, -0.2) is 4.79 Å². The molecular weight excluding hydrogens is 298 g/mol. The minimum Gasteiger partial charge on any atom is -0.478 e. The monoisotopic (exact) mass is 317 g/mol. The van der Waals surface area contributed by atoms with Gasteiger partial charge in [0.2, 0.25) is 5.91 Å². The van der Waals surface area contributed by atoms with Gasteiger partial charge in [0, 0.05) is 10.9 Å². The highest BCUT2D eigenvalue weighted by molar-refractivity contribution is 7.09. The van der Waals surface area contributed by atoms with Crippen molar-refractivity contribution in [1.29, 1.82) is 0 Å². The molecule has 1 aromatic heterocycles. The van der Waals surface area contributed by atoms with E-state index in [0.717, 1.165) is 10.4 Å². The van der Waals surface area contributed by atoms with E-state index in [1.807, 2.05) is 36.3 Å². The van der Waals surface area contributed by atoms with Crippen LogP contribution in [0.4, 0.5) is 0 Å². The van der Waals surface area contributed by atoms with Crippen molar-refractivity contribution in [2.24, 2.45) is 0 Å². The Bertz CT molecular complexity index is 650. The summed E-state index contributed by atoms with van der Waals surface area (Å²) in [5.41, 5.74) is 0.932. The van der Waals surface area contributed by atoms with Gasteiger partial charge in [-0.2, -0.15) is 0 Å². The summed E-state index contributed by atoms with van der Waals surface area (Å²) in [4.78, 5) is 26.5. The Balaban J connectivity index is 2.11. The molecule has 116 valence electrons. The Morgan fingerprint density at radius 3 is 2.59 bits per heavy atom. The SMILES string of the molecule is CC(C)N(Cc1cccs1)C(=O)Cc1cccc(C(=O)O)c1. The Labute approximate surface area is 134 Å². The molecule has 0 saturated carbocycles. The van der Waals surface area contributed by atoms with Crippen LogP contribution in [0.2, 0.25) is 0 Å². The summed E-state index contributed by atoms with van der Waals surface area (Å²) in [5.74, 6) is -0.973. The number of amides is 1. The second-order valence-electron chi connectivity index (χ2n) is 5.38. The predicted molar refractivity (Wildman–Crippen MR) is 87.1 cm³/mol. The largest absolute Gasteiger partial charge is 0.478 e. The van der Waals surface area contributed by atoms with E-state index in [2.05, 4.69) is 0 Å². The van der Waals surface area contributed by atoms with Crippen LogP contribution in [0.25, 0.3) is 0 Å². The lowest BCUT2D eigenvalue weighted by atomic mass is 10.1. The summed E-state index contributed by atoms with van der Waals surface area (Å²) in [6.45, 7) is 4.56. The molecule has 1 aromatic carbocycles. The number of benzene rings is 1. The molecule has 2 aromatic rings. The lowest BCUT2D eigenvalue weighted by Crippen LogP contribution is -2.37. The normalized spacial score (nSPS) is 10.7. The second-order valence-corrected chi connectivity index (χ2v) is 6.41. The quantitative estimate of drug-likeness (QED) is 0.888. The van der Waals surface area contributed by atoms with Crippen molar-refractivity contribution in [1.82, 2.24) is 4.90 Å². The Hall–Kier alpha value is -2.14. The van der Waals surface area contributed by atoms with Crippen molar-refractivity contribution >= 4 is 23.2 Å². The number of carboxylic acid groups (broad SMARTS) is 1. The van der Waals surface area contributed by atoms with Crippen molar-refractivity contribution in [3.63, 3.8) is 0 Å². The smallest absolute Gasteiger partial charge is 0.335 e. The number of carboxylic acids is 1. The van der Waals surface area contributed by atoms with E-state index in [-0.39, 0.29) is 23.9 Å². The van der Waals surface area contributed by atoms with Crippen molar-refractivity contribution in [3.05, 3.63) is 57.8 Å². The molecule has 0 aliphatic rings. The number of carbonyl (C=O) groups excluding carboxylic acids is 1. The molecule has 5 heteroatoms. The summed E-state index contributed by atoms with van der Waals surface area (Å²) < 4.78 is 0. The Kier molecular flexibility index (Phi) is 5.33. The highest BCUT2D eigenvalue weighted by Crippen LogP contribution is 2.16. The molecule has 0 fully saturated rings. The van der Waals surface area contributed by atoms with Gasteiger partial charge in [0.15, 0.2) is 0 Å². The number of carbonyl (C=O) groups is 2. The number of aromatic carboxylic acids is 1. The fourth-order valence-corrected chi connectivity index (χ4v) is 2.92. The van der Waals surface area contributed by atoms with E-state index in [1.54, 1.807) is 29.5 Å². The van der Waals surface area contributed by atoms with E-state index in [9.17, 15) is 9.59 Å². The first-order valence-corrected chi connectivity index (χ1v) is 7.99. The van der Waals surface area contributed by atoms with Crippen molar-refractivity contribution in [2.75, 3.05) is 0 Å². The van der Waals surface area contributed by atoms with Crippen molar-refractivity contribution in [2.45, 2.75) is 32.9 Å². The summed E-state index contributed by atoms with van der Waals surface area (Å²) >= 11 is 1.63. The van der Waals surface area contributed by atoms with Crippen LogP contribution in [0, 0.1) is 0 Å². The maximum atomic E-state index is 12.5. The topological polar surface area (TPSA) is 57.6 Å². The first-order chi connectivity index (χ1) is 10.5. The maximum absolute atomic E-state index is 12.5. The molecule has 0 aliphatic heterocycles. The van der Waals surface area contributed by atoms with Crippen LogP contribution in [0.3, 0.4) is 0 Å². The molecular formula is C17H19NO3S. The van der Waals surface area contributed by atoms with E-state index in [1.165, 1.54) is 6.07 Å². The van der Waals surface area contributed by atoms with Crippen LogP contribution < -0.4 is 0 Å². The van der Waals surface area contributed by atoms with Gasteiger partial charge >= 0.3 is 5.97 Å². The van der Waals surface area contributed by atoms with Gasteiger partial charge < -0.3 is 10.0 Å². The first kappa shape index (κ1) is 16.2. The predicted octanol–water partition coefficient (Wildman–Crippen LogP) is 3.43. The van der Waals surface area contributed by atoms with Crippen LogP contribution in [0.15, 0.2) is 41.8 Å². The second kappa shape index (κ2) is 7.22. The molecule has 2 rings (SSSR count). The summed E-state index contributed by atoms with van der Waals surface area (Å²) in [7, 11) is 0. The van der Waals surface area contributed by atoms with Crippen LogP contribution >= 0.6 is 11.3 Å². The van der Waals surface area contributed by atoms with Crippen molar-refractivity contribution < 1.29 is 14.7 Å². The molecule has 0 spiro atoms. The average molecular weight is 317 g/mol. The number of rotatable bonds is 6. The van der Waals surface area contributed by atoms with Crippen LogP contribution in [0.1, 0.15) is 34.6 Å². The van der Waals surface area contributed by atoms with Gasteiger partial charge in [0.25, 0.3) is 0 Å². The third-order valence-electron chi connectivity index (χ3n) is 3.38. The van der Waals surface area contributed by atoms with Gasteiger partial charge in [-0.1, -0.05) is 18.2 Å². The third kappa shape index (κ3) is 4.18. The summed E-state index contributed by atoms with van der Waals surface area (Å²) in [5, 5.41) is 11.0. The number of nitrogens with zero attached hydrogens (tertiary/aromatic N) is 1. The maximum Gasteiger partial charge on any atom is 0.335 e. The van der Waals surface area contributed by atoms with E-state index >= 15 is 0 Å². The average Bonchev–Trinajstić information content (AvgIpc) is 2.97. The van der Waals surface area contributed by atoms with Gasteiger partial charge in [-0.3, -0.25) is 4.79 Å². The number of hydrogen-bond donors (Lipinski definition) is 1. The van der Waals surface area contributed by atoms with Gasteiger partial charge in [-0.05, 0) is 43.0 Å². The standard InChI is InChI=1S/C17H19NO3S/c1-12(2)18(11-15-7-4-8-22-15)16(19)10-13-5-3-6-14(9-13)17(20)21/h3-9,12H,10-11H2,1-2H3,(H,20,21). The molecule has 1 amide bonds. The van der Waals surface area contributed by atoms with E-state index in [0.29, 0.717) is 6.54 Å². The number of thiophene rings is 1. The minimum atomic E-state index is -0.978. The zero-order chi connectivity index (χ0) is 16.1. The van der Waals surface area contributed by atoms with Gasteiger partial charge in [0.1, 0.15) is 0 Å². The van der Waals surface area contributed by atoms with E-state index < -0.39 is 5.97 Å². The Morgan fingerprint density at radius 2 is 2.00 bits per heavy atom. The zero-order valence-corrected chi connectivity index (χ0v) is 13.5. The lowest BCUT2D eigenvalue weighted by molar-refractivity contribution is -0.132. The van der Waals surface area contributed by atoms with Crippen LogP contribution in [-0.4, -0.2) is 27.9 Å². The zero-order valence-electron chi connectivity index (χ0n) is 12.7. The first-order valence-electron chi connectivity index (χ1n) is 7.11. The molecule has 0 aliphatic carbocycles. The third-order valence-corrected chi connectivity index (χ3v) is 4.24. The molecule has 1 N–H and O–H groups in total.